The highest BCUT2D eigenvalue weighted by molar-refractivity contribution is 5.96. The smallest absolute Gasteiger partial charge is 0.326 e. The maximum Gasteiger partial charge on any atom is 0.326 e. The summed E-state index contributed by atoms with van der Waals surface area (Å²) >= 11 is 0. The first kappa shape index (κ1) is 14.8. The van der Waals surface area contributed by atoms with Crippen LogP contribution in [-0.4, -0.2) is 29.3 Å². The van der Waals surface area contributed by atoms with Crippen LogP contribution >= 0.6 is 0 Å². The molecule has 0 aromatic heterocycles. The second-order valence-corrected chi connectivity index (χ2v) is 3.97. The highest BCUT2D eigenvalue weighted by Crippen LogP contribution is 2.05. The Hall–Kier alpha value is -2.24. The van der Waals surface area contributed by atoms with Crippen molar-refractivity contribution in [2.24, 2.45) is 0 Å². The largest absolute Gasteiger partial charge is 0.480 e. The summed E-state index contributed by atoms with van der Waals surface area (Å²) in [5.41, 5.74) is 0.183. The van der Waals surface area contributed by atoms with Gasteiger partial charge in [0.05, 0.1) is 0 Å². The van der Waals surface area contributed by atoms with Crippen LogP contribution < -0.4 is 5.32 Å². The zero-order valence-corrected chi connectivity index (χ0v) is 10.1. The molecule has 19 heavy (non-hydrogen) atoms. The van der Waals surface area contributed by atoms with Gasteiger partial charge in [0.15, 0.2) is 0 Å². The molecule has 0 saturated carbocycles. The Bertz CT molecular complexity index is 458. The number of carboxylic acid groups (broad SMARTS) is 1. The monoisotopic (exact) mass is 267 g/mol. The van der Waals surface area contributed by atoms with Gasteiger partial charge in [-0.2, -0.15) is 0 Å². The van der Waals surface area contributed by atoms with Crippen LogP contribution in [0.5, 0.6) is 0 Å². The Morgan fingerprint density at radius 3 is 2.47 bits per heavy atom. The first-order chi connectivity index (χ1) is 9.04. The van der Waals surface area contributed by atoms with Crippen molar-refractivity contribution >= 4 is 18.2 Å². The summed E-state index contributed by atoms with van der Waals surface area (Å²) in [6.07, 6.45) is 1.49. The Morgan fingerprint density at radius 2 is 1.95 bits per heavy atom. The first-order valence-electron chi connectivity index (χ1n) is 5.77. The van der Waals surface area contributed by atoms with Crippen LogP contribution in [-0.2, 0) is 9.59 Å². The summed E-state index contributed by atoms with van der Waals surface area (Å²) in [5, 5.41) is 11.3. The van der Waals surface area contributed by atoms with E-state index in [0.717, 1.165) is 12.1 Å². The second kappa shape index (κ2) is 7.25. The van der Waals surface area contributed by atoms with Crippen molar-refractivity contribution in [1.82, 2.24) is 5.32 Å². The van der Waals surface area contributed by atoms with Crippen molar-refractivity contribution < 1.29 is 23.9 Å². The molecule has 0 bridgehead atoms. The highest BCUT2D eigenvalue weighted by Gasteiger charge is 2.20. The molecule has 6 heteroatoms. The van der Waals surface area contributed by atoms with Crippen LogP contribution in [0.4, 0.5) is 4.39 Å². The molecular formula is C13H14FNO4. The third-order valence-electron chi connectivity index (χ3n) is 2.52. The number of carbonyl (C=O) groups excluding carboxylic acids is 2. The van der Waals surface area contributed by atoms with Gasteiger partial charge in [0, 0.05) is 12.0 Å². The van der Waals surface area contributed by atoms with Gasteiger partial charge < -0.3 is 15.2 Å². The number of rotatable bonds is 7. The molecule has 1 unspecified atom stereocenters. The zero-order valence-electron chi connectivity index (χ0n) is 10.1. The number of carboxylic acids is 1. The van der Waals surface area contributed by atoms with Crippen molar-refractivity contribution in [2.45, 2.75) is 25.3 Å². The number of benzene rings is 1. The van der Waals surface area contributed by atoms with Crippen molar-refractivity contribution in [3.8, 4) is 0 Å². The highest BCUT2D eigenvalue weighted by atomic mass is 19.1. The fourth-order valence-electron chi connectivity index (χ4n) is 1.51. The normalized spacial score (nSPS) is 11.6. The molecule has 1 aromatic rings. The number of unbranched alkanes of at least 4 members (excludes halogenated alkanes) is 1. The Balaban J connectivity index is 2.62. The van der Waals surface area contributed by atoms with Gasteiger partial charge in [-0.25, -0.2) is 9.18 Å². The standard InChI is InChI=1S/C13H14FNO4/c14-10-6-4-9(5-7-10)12(17)15-11(13(18)19)3-1-2-8-16/h4-8,11H,1-3H2,(H,15,17)(H,18,19). The lowest BCUT2D eigenvalue weighted by molar-refractivity contribution is -0.139. The Morgan fingerprint density at radius 1 is 1.32 bits per heavy atom. The SMILES string of the molecule is O=CCCCC(NC(=O)c1ccc(F)cc1)C(=O)O. The Labute approximate surface area is 109 Å². The van der Waals surface area contributed by atoms with Crippen LogP contribution in [0.1, 0.15) is 29.6 Å². The van der Waals surface area contributed by atoms with E-state index >= 15 is 0 Å². The van der Waals surface area contributed by atoms with Gasteiger partial charge in [0.25, 0.3) is 5.91 Å². The van der Waals surface area contributed by atoms with Gasteiger partial charge in [-0.3, -0.25) is 4.79 Å². The third-order valence-corrected chi connectivity index (χ3v) is 2.52. The molecule has 0 saturated heterocycles. The number of hydrogen-bond donors (Lipinski definition) is 2. The predicted molar refractivity (Wildman–Crippen MR) is 65.2 cm³/mol. The van der Waals surface area contributed by atoms with E-state index in [1.807, 2.05) is 0 Å². The number of nitrogens with one attached hydrogen (secondary N) is 1. The summed E-state index contributed by atoms with van der Waals surface area (Å²) in [6.45, 7) is 0. The van der Waals surface area contributed by atoms with E-state index in [2.05, 4.69) is 5.32 Å². The van der Waals surface area contributed by atoms with Gasteiger partial charge in [-0.15, -0.1) is 0 Å². The molecule has 0 radical (unpaired) electrons. The summed E-state index contributed by atoms with van der Waals surface area (Å²) < 4.78 is 12.7. The molecule has 0 aliphatic heterocycles. The minimum absolute atomic E-state index is 0.168. The summed E-state index contributed by atoms with van der Waals surface area (Å²) in [6, 6.07) is 3.73. The second-order valence-electron chi connectivity index (χ2n) is 3.97. The fourth-order valence-corrected chi connectivity index (χ4v) is 1.51. The number of halogens is 1. The number of carbonyl (C=O) groups is 3. The van der Waals surface area contributed by atoms with E-state index in [0.29, 0.717) is 12.7 Å². The molecule has 0 aliphatic rings. The summed E-state index contributed by atoms with van der Waals surface area (Å²) in [4.78, 5) is 32.9. The van der Waals surface area contributed by atoms with E-state index in [1.165, 1.54) is 12.1 Å². The van der Waals surface area contributed by atoms with E-state index in [4.69, 9.17) is 5.11 Å². The number of amides is 1. The van der Waals surface area contributed by atoms with Crippen molar-refractivity contribution in [3.63, 3.8) is 0 Å². The molecule has 0 aliphatic carbocycles. The van der Waals surface area contributed by atoms with Crippen LogP contribution in [0.2, 0.25) is 0 Å². The molecule has 102 valence electrons. The van der Waals surface area contributed by atoms with Crippen molar-refractivity contribution in [2.75, 3.05) is 0 Å². The molecule has 1 rings (SSSR count). The molecule has 0 fully saturated rings. The molecule has 1 atom stereocenters. The minimum atomic E-state index is -1.17. The third kappa shape index (κ3) is 4.87. The lowest BCUT2D eigenvalue weighted by Crippen LogP contribution is -2.40. The number of aliphatic carboxylic acids is 1. The maximum atomic E-state index is 12.7. The van der Waals surface area contributed by atoms with Crippen LogP contribution in [0.25, 0.3) is 0 Å². The molecule has 5 nitrogen and oxygen atoms in total. The van der Waals surface area contributed by atoms with E-state index in [9.17, 15) is 18.8 Å². The van der Waals surface area contributed by atoms with Gasteiger partial charge in [-0.05, 0) is 37.1 Å². The van der Waals surface area contributed by atoms with Crippen molar-refractivity contribution in [1.29, 1.82) is 0 Å². The summed E-state index contributed by atoms with van der Waals surface area (Å²) in [7, 11) is 0. The number of aldehydes is 1. The number of hydrogen-bond acceptors (Lipinski definition) is 3. The van der Waals surface area contributed by atoms with Crippen LogP contribution in [0, 0.1) is 5.82 Å². The first-order valence-corrected chi connectivity index (χ1v) is 5.77. The maximum absolute atomic E-state index is 12.7. The van der Waals surface area contributed by atoms with E-state index in [1.54, 1.807) is 0 Å². The fraction of sp³-hybridized carbons (Fsp3) is 0.308. The van der Waals surface area contributed by atoms with Gasteiger partial charge in [-0.1, -0.05) is 0 Å². The van der Waals surface area contributed by atoms with Crippen LogP contribution in [0.15, 0.2) is 24.3 Å². The Kier molecular flexibility index (Phi) is 5.66. The molecule has 0 spiro atoms. The molecule has 1 aromatic carbocycles. The zero-order chi connectivity index (χ0) is 14.3. The van der Waals surface area contributed by atoms with Gasteiger partial charge in [0.1, 0.15) is 18.1 Å². The van der Waals surface area contributed by atoms with Gasteiger partial charge >= 0.3 is 5.97 Å². The lowest BCUT2D eigenvalue weighted by Gasteiger charge is -2.13. The quantitative estimate of drug-likeness (QED) is 0.577. The van der Waals surface area contributed by atoms with E-state index < -0.39 is 23.7 Å². The molecule has 0 heterocycles. The summed E-state index contributed by atoms with van der Waals surface area (Å²) in [5.74, 6) is -2.22. The lowest BCUT2D eigenvalue weighted by atomic mass is 10.1. The van der Waals surface area contributed by atoms with Crippen molar-refractivity contribution in [3.05, 3.63) is 35.6 Å². The average molecular weight is 267 g/mol. The van der Waals surface area contributed by atoms with Gasteiger partial charge in [0.2, 0.25) is 0 Å². The topological polar surface area (TPSA) is 83.5 Å². The predicted octanol–water partition coefficient (Wildman–Crippen LogP) is 1.38. The molecule has 2 N–H and O–H groups in total. The molecule has 1 amide bonds. The van der Waals surface area contributed by atoms with Crippen LogP contribution in [0.3, 0.4) is 0 Å². The minimum Gasteiger partial charge on any atom is -0.480 e. The molecular weight excluding hydrogens is 253 g/mol. The van der Waals surface area contributed by atoms with E-state index in [-0.39, 0.29) is 18.4 Å². The average Bonchev–Trinajstić information content (AvgIpc) is 2.38.